The SMILES string of the molecule is CC1=C(/C=C/[C@@H](C)O[C@@H]2O[C@H](CO)[C@@H](O)[C@H](O)[C@H]2O)C(C)(C)C[C@H](O)[C@@H]1O. The number of allylic oxidation sites excluding steroid dienone is 2. The maximum absolute atomic E-state index is 10.1. The van der Waals surface area contributed by atoms with Gasteiger partial charge in [-0.2, -0.15) is 0 Å². The van der Waals surface area contributed by atoms with Crippen LogP contribution < -0.4 is 0 Å². The van der Waals surface area contributed by atoms with Crippen LogP contribution in [0.5, 0.6) is 0 Å². The summed E-state index contributed by atoms with van der Waals surface area (Å²) in [5.41, 5.74) is 1.25. The predicted octanol–water partition coefficient (Wildman–Crippen LogP) is -0.784. The van der Waals surface area contributed by atoms with E-state index in [0.717, 1.165) is 5.57 Å². The van der Waals surface area contributed by atoms with Crippen molar-refractivity contribution < 1.29 is 40.1 Å². The van der Waals surface area contributed by atoms with E-state index in [4.69, 9.17) is 9.47 Å². The standard InChI is InChI=1S/C19H32O8/c1-9(26-18-17(25)16(24)15(23)13(8-20)27-18)5-6-11-10(2)14(22)12(21)7-19(11,3)4/h5-6,9,12-18,20-25H,7-8H2,1-4H3/b6-5+/t9-,12+,13-,14-,15-,16+,17-,18-/m1/s1. The molecule has 2 aliphatic rings. The van der Waals surface area contributed by atoms with Crippen LogP contribution in [-0.4, -0.2) is 86.3 Å². The lowest BCUT2D eigenvalue weighted by Crippen LogP contribution is -2.59. The summed E-state index contributed by atoms with van der Waals surface area (Å²) in [6.07, 6.45) is -4.88. The molecule has 0 radical (unpaired) electrons. The summed E-state index contributed by atoms with van der Waals surface area (Å²) in [4.78, 5) is 0. The first kappa shape index (κ1) is 22.4. The lowest BCUT2D eigenvalue weighted by molar-refractivity contribution is -0.306. The molecule has 2 rings (SSSR count). The minimum absolute atomic E-state index is 0.331. The molecule has 0 spiro atoms. The van der Waals surface area contributed by atoms with Gasteiger partial charge in [0.1, 0.15) is 30.5 Å². The lowest BCUT2D eigenvalue weighted by Gasteiger charge is -2.40. The monoisotopic (exact) mass is 388 g/mol. The average molecular weight is 388 g/mol. The maximum Gasteiger partial charge on any atom is 0.187 e. The first-order valence-corrected chi connectivity index (χ1v) is 9.21. The van der Waals surface area contributed by atoms with Gasteiger partial charge in [0.25, 0.3) is 0 Å². The third kappa shape index (κ3) is 4.78. The van der Waals surface area contributed by atoms with E-state index in [9.17, 15) is 30.6 Å². The fourth-order valence-corrected chi connectivity index (χ4v) is 3.75. The van der Waals surface area contributed by atoms with Crippen LogP contribution in [0.15, 0.2) is 23.3 Å². The van der Waals surface area contributed by atoms with Gasteiger partial charge in [-0.05, 0) is 36.8 Å². The molecule has 0 aromatic rings. The molecule has 27 heavy (non-hydrogen) atoms. The topological polar surface area (TPSA) is 140 Å². The Morgan fingerprint density at radius 2 is 1.78 bits per heavy atom. The highest BCUT2D eigenvalue weighted by Gasteiger charge is 2.44. The molecule has 8 atom stereocenters. The van der Waals surface area contributed by atoms with Crippen LogP contribution in [0.3, 0.4) is 0 Å². The van der Waals surface area contributed by atoms with E-state index in [0.29, 0.717) is 12.0 Å². The summed E-state index contributed by atoms with van der Waals surface area (Å²) in [6, 6.07) is 0. The van der Waals surface area contributed by atoms with Gasteiger partial charge in [-0.25, -0.2) is 0 Å². The van der Waals surface area contributed by atoms with Gasteiger partial charge >= 0.3 is 0 Å². The Kier molecular flexibility index (Phi) is 7.21. The number of rotatable bonds is 5. The predicted molar refractivity (Wildman–Crippen MR) is 96.6 cm³/mol. The van der Waals surface area contributed by atoms with Crippen molar-refractivity contribution in [3.63, 3.8) is 0 Å². The zero-order valence-corrected chi connectivity index (χ0v) is 16.2. The zero-order valence-electron chi connectivity index (χ0n) is 16.2. The summed E-state index contributed by atoms with van der Waals surface area (Å²) >= 11 is 0. The Bertz CT molecular complexity index is 570. The molecule has 1 aliphatic heterocycles. The van der Waals surface area contributed by atoms with Crippen molar-refractivity contribution in [1.82, 2.24) is 0 Å². The van der Waals surface area contributed by atoms with Crippen molar-refractivity contribution in [1.29, 1.82) is 0 Å². The number of aliphatic hydroxyl groups is 6. The second kappa shape index (κ2) is 8.67. The first-order chi connectivity index (χ1) is 12.5. The van der Waals surface area contributed by atoms with E-state index in [1.807, 2.05) is 19.9 Å². The Labute approximate surface area is 159 Å². The first-order valence-electron chi connectivity index (χ1n) is 9.21. The second-order valence-electron chi connectivity index (χ2n) is 8.09. The van der Waals surface area contributed by atoms with E-state index >= 15 is 0 Å². The van der Waals surface area contributed by atoms with Gasteiger partial charge in [0.2, 0.25) is 0 Å². The Morgan fingerprint density at radius 1 is 1.15 bits per heavy atom. The number of hydrogen-bond acceptors (Lipinski definition) is 8. The van der Waals surface area contributed by atoms with Crippen molar-refractivity contribution in [2.75, 3.05) is 6.61 Å². The van der Waals surface area contributed by atoms with Crippen molar-refractivity contribution in [2.45, 2.75) is 83.1 Å². The van der Waals surface area contributed by atoms with Crippen LogP contribution >= 0.6 is 0 Å². The van der Waals surface area contributed by atoms with Gasteiger partial charge in [-0.15, -0.1) is 0 Å². The van der Waals surface area contributed by atoms with Gasteiger partial charge < -0.3 is 40.1 Å². The van der Waals surface area contributed by atoms with Gasteiger partial charge in [-0.1, -0.05) is 26.0 Å². The molecule has 1 aliphatic carbocycles. The van der Waals surface area contributed by atoms with E-state index in [1.54, 1.807) is 19.9 Å². The minimum atomic E-state index is -1.49. The van der Waals surface area contributed by atoms with Gasteiger partial charge in [-0.3, -0.25) is 0 Å². The maximum atomic E-state index is 10.1. The highest BCUT2D eigenvalue weighted by atomic mass is 16.7. The molecule has 8 nitrogen and oxygen atoms in total. The summed E-state index contributed by atoms with van der Waals surface area (Å²) < 4.78 is 11.0. The number of aliphatic hydroxyl groups excluding tert-OH is 6. The number of hydrogen-bond donors (Lipinski definition) is 6. The van der Waals surface area contributed by atoms with Crippen molar-refractivity contribution in [2.24, 2.45) is 5.41 Å². The molecule has 6 N–H and O–H groups in total. The number of ether oxygens (including phenoxy) is 2. The smallest absolute Gasteiger partial charge is 0.187 e. The summed E-state index contributed by atoms with van der Waals surface area (Å²) in [5.74, 6) is 0. The van der Waals surface area contributed by atoms with Crippen LogP contribution in [0.25, 0.3) is 0 Å². The minimum Gasteiger partial charge on any atom is -0.394 e. The lowest BCUT2D eigenvalue weighted by atomic mass is 9.70. The van der Waals surface area contributed by atoms with Crippen LogP contribution in [0.4, 0.5) is 0 Å². The fraction of sp³-hybridized carbons (Fsp3) is 0.789. The normalized spacial score (nSPS) is 41.2. The molecule has 0 unspecified atom stereocenters. The molecule has 0 aromatic heterocycles. The Balaban J connectivity index is 2.09. The largest absolute Gasteiger partial charge is 0.394 e. The molecule has 1 heterocycles. The molecule has 1 saturated heterocycles. The summed E-state index contributed by atoms with van der Waals surface area (Å²) in [6.45, 7) is 6.94. The van der Waals surface area contributed by atoms with E-state index in [2.05, 4.69) is 0 Å². The molecular weight excluding hydrogens is 356 g/mol. The van der Waals surface area contributed by atoms with Crippen LogP contribution in [0.2, 0.25) is 0 Å². The van der Waals surface area contributed by atoms with Crippen LogP contribution in [0, 0.1) is 5.41 Å². The molecule has 1 fully saturated rings. The van der Waals surface area contributed by atoms with Crippen molar-refractivity contribution >= 4 is 0 Å². The molecule has 156 valence electrons. The van der Waals surface area contributed by atoms with Crippen molar-refractivity contribution in [3.05, 3.63) is 23.3 Å². The quantitative estimate of drug-likeness (QED) is 0.360. The average Bonchev–Trinajstić information content (AvgIpc) is 2.59. The summed E-state index contributed by atoms with van der Waals surface area (Å²) in [5, 5.41) is 59.0. The van der Waals surface area contributed by atoms with Crippen LogP contribution in [0.1, 0.15) is 34.1 Å². The zero-order chi connectivity index (χ0) is 20.5. The molecule has 8 heteroatoms. The van der Waals surface area contributed by atoms with Gasteiger partial charge in [0, 0.05) is 0 Å². The third-order valence-corrected chi connectivity index (χ3v) is 5.41. The molecule has 0 saturated carbocycles. The Hall–Kier alpha value is -0.840. The molecular formula is C19H32O8. The highest BCUT2D eigenvalue weighted by molar-refractivity contribution is 5.36. The van der Waals surface area contributed by atoms with Crippen molar-refractivity contribution in [3.8, 4) is 0 Å². The molecule has 0 amide bonds. The van der Waals surface area contributed by atoms with E-state index < -0.39 is 55.6 Å². The van der Waals surface area contributed by atoms with Gasteiger partial charge in [0.15, 0.2) is 6.29 Å². The fourth-order valence-electron chi connectivity index (χ4n) is 3.75. The second-order valence-corrected chi connectivity index (χ2v) is 8.09. The van der Waals surface area contributed by atoms with Gasteiger partial charge in [0.05, 0.1) is 18.8 Å². The van der Waals surface area contributed by atoms with E-state index in [1.165, 1.54) is 0 Å². The molecule has 0 bridgehead atoms. The highest BCUT2D eigenvalue weighted by Crippen LogP contribution is 2.41. The van der Waals surface area contributed by atoms with E-state index in [-0.39, 0.29) is 5.41 Å². The third-order valence-electron chi connectivity index (χ3n) is 5.41. The Morgan fingerprint density at radius 3 is 2.37 bits per heavy atom. The summed E-state index contributed by atoms with van der Waals surface area (Å²) in [7, 11) is 0. The van der Waals surface area contributed by atoms with Crippen LogP contribution in [-0.2, 0) is 9.47 Å². The molecule has 0 aromatic carbocycles.